The van der Waals surface area contributed by atoms with Gasteiger partial charge in [-0.2, -0.15) is 0 Å². The van der Waals surface area contributed by atoms with Gasteiger partial charge < -0.3 is 19.3 Å². The molecule has 0 unspecified atom stereocenters. The maximum absolute atomic E-state index is 11.0. The molecule has 0 bridgehead atoms. The molecule has 0 aliphatic rings. The predicted molar refractivity (Wildman–Crippen MR) is 102 cm³/mol. The van der Waals surface area contributed by atoms with Gasteiger partial charge in [-0.1, -0.05) is 31.9 Å². The van der Waals surface area contributed by atoms with E-state index in [1.807, 2.05) is 0 Å². The van der Waals surface area contributed by atoms with Gasteiger partial charge in [0.25, 0.3) is 0 Å². The molecule has 0 saturated heterocycles. The molecular weight excluding hydrogens is 504 g/mol. The van der Waals surface area contributed by atoms with Crippen LogP contribution in [0.2, 0.25) is 0 Å². The van der Waals surface area contributed by atoms with Crippen LogP contribution in [0.15, 0.2) is 0 Å². The minimum Gasteiger partial charge on any atom is -0.462 e. The molecule has 9 heteroatoms. The van der Waals surface area contributed by atoms with Crippen molar-refractivity contribution >= 4 is 58.5 Å². The lowest BCUT2D eigenvalue weighted by Crippen LogP contribution is -2.27. The van der Waals surface area contributed by atoms with Crippen molar-refractivity contribution in [3.05, 3.63) is 0 Å². The van der Waals surface area contributed by atoms with Crippen molar-refractivity contribution in [1.82, 2.24) is 0 Å². The highest BCUT2D eigenvalue weighted by molar-refractivity contribution is 9.20. The van der Waals surface area contributed by atoms with Crippen LogP contribution >= 0.6 is 47.8 Å². The fourth-order valence-corrected chi connectivity index (χ4v) is 0.595. The van der Waals surface area contributed by atoms with Gasteiger partial charge in [0.1, 0.15) is 10.9 Å². The standard InChI is InChI=1S/C7H13BrO3.C4H6Br2O.C3H8O2/c1-7(2,8)6(9)11-5-4-10-3;1-4(2,6)3(5)7;1-5-3-2-4/h4-5H2,1-3H3;1-2H3;4H,2-3H2,1H3. The number of rotatable bonds is 7. The summed E-state index contributed by atoms with van der Waals surface area (Å²) in [6.45, 7) is 8.36. The molecule has 0 aromatic carbocycles. The lowest BCUT2D eigenvalue weighted by molar-refractivity contribution is -0.146. The van der Waals surface area contributed by atoms with Crippen molar-refractivity contribution in [3.63, 3.8) is 0 Å². The highest BCUT2D eigenvalue weighted by Gasteiger charge is 2.24. The topological polar surface area (TPSA) is 82.1 Å². The maximum atomic E-state index is 11.0. The lowest BCUT2D eigenvalue weighted by Gasteiger charge is -2.14. The number of ether oxygens (including phenoxy) is 3. The molecule has 0 aliphatic heterocycles. The van der Waals surface area contributed by atoms with Crippen LogP contribution in [0.4, 0.5) is 0 Å². The molecule has 23 heavy (non-hydrogen) atoms. The Kier molecular flexibility index (Phi) is 19.6. The number of carbonyl (C=O) groups excluding carboxylic acids is 2. The number of alkyl halides is 2. The third-order valence-electron chi connectivity index (χ3n) is 1.77. The zero-order valence-electron chi connectivity index (χ0n) is 14.5. The summed E-state index contributed by atoms with van der Waals surface area (Å²) in [7, 11) is 3.11. The number of hydrogen-bond donors (Lipinski definition) is 1. The van der Waals surface area contributed by atoms with Gasteiger partial charge >= 0.3 is 5.97 Å². The Bertz CT molecular complexity index is 309. The van der Waals surface area contributed by atoms with Gasteiger partial charge in [-0.05, 0) is 43.6 Å². The van der Waals surface area contributed by atoms with Crippen LogP contribution in [-0.4, -0.2) is 65.1 Å². The van der Waals surface area contributed by atoms with E-state index in [1.165, 1.54) is 0 Å². The molecule has 0 aliphatic carbocycles. The van der Waals surface area contributed by atoms with Gasteiger partial charge in [0.15, 0.2) is 0 Å². The first-order valence-corrected chi connectivity index (χ1v) is 9.06. The lowest BCUT2D eigenvalue weighted by atomic mass is 10.2. The quantitative estimate of drug-likeness (QED) is 0.236. The molecule has 0 heterocycles. The van der Waals surface area contributed by atoms with E-state index in [-0.39, 0.29) is 17.3 Å². The first-order chi connectivity index (χ1) is 10.3. The van der Waals surface area contributed by atoms with Crippen LogP contribution in [0.25, 0.3) is 0 Å². The van der Waals surface area contributed by atoms with Crippen molar-refractivity contribution < 1.29 is 28.9 Å². The molecule has 6 nitrogen and oxygen atoms in total. The smallest absolute Gasteiger partial charge is 0.322 e. The second-order valence-electron chi connectivity index (χ2n) is 5.06. The number of aliphatic hydroxyl groups is 1. The summed E-state index contributed by atoms with van der Waals surface area (Å²) in [6, 6.07) is 0. The molecule has 0 rings (SSSR count). The van der Waals surface area contributed by atoms with Crippen LogP contribution in [0.1, 0.15) is 27.7 Å². The van der Waals surface area contributed by atoms with Crippen LogP contribution in [-0.2, 0) is 23.8 Å². The largest absolute Gasteiger partial charge is 0.462 e. The summed E-state index contributed by atoms with van der Waals surface area (Å²) in [6.07, 6.45) is 0. The molecule has 1 N–H and O–H groups in total. The summed E-state index contributed by atoms with van der Waals surface area (Å²) < 4.78 is 13.0. The Balaban J connectivity index is -0.000000286. The molecule has 0 spiro atoms. The second-order valence-corrected chi connectivity index (χ2v) is 9.75. The Morgan fingerprint density at radius 2 is 1.30 bits per heavy atom. The van der Waals surface area contributed by atoms with E-state index in [9.17, 15) is 9.59 Å². The monoisotopic (exact) mass is 528 g/mol. The third kappa shape index (κ3) is 24.8. The van der Waals surface area contributed by atoms with E-state index >= 15 is 0 Å². The van der Waals surface area contributed by atoms with Crippen molar-refractivity contribution in [2.75, 3.05) is 40.6 Å². The summed E-state index contributed by atoms with van der Waals surface area (Å²) in [5.41, 5.74) is 0. The second kappa shape index (κ2) is 16.0. The van der Waals surface area contributed by atoms with Gasteiger partial charge in [-0.3, -0.25) is 9.59 Å². The Labute approximate surface area is 164 Å². The van der Waals surface area contributed by atoms with Crippen molar-refractivity contribution in [3.8, 4) is 0 Å². The Morgan fingerprint density at radius 1 is 0.913 bits per heavy atom. The molecule has 0 atom stereocenters. The highest BCUT2D eigenvalue weighted by atomic mass is 79.9. The zero-order chi connectivity index (χ0) is 19.1. The normalized spacial score (nSPS) is 10.7. The van der Waals surface area contributed by atoms with Crippen LogP contribution in [0.5, 0.6) is 0 Å². The van der Waals surface area contributed by atoms with Gasteiger partial charge in [0.2, 0.25) is 4.69 Å². The molecule has 0 aromatic rings. The molecule has 0 saturated carbocycles. The Morgan fingerprint density at radius 3 is 1.48 bits per heavy atom. The van der Waals surface area contributed by atoms with E-state index in [1.54, 1.807) is 41.9 Å². The number of halogens is 3. The minimum atomic E-state index is -0.596. The van der Waals surface area contributed by atoms with Gasteiger partial charge in [-0.25, -0.2) is 0 Å². The molecular formula is C14H27Br3O6. The van der Waals surface area contributed by atoms with E-state index < -0.39 is 8.65 Å². The number of methoxy groups -OCH3 is 2. The van der Waals surface area contributed by atoms with Gasteiger partial charge in [-0.15, -0.1) is 0 Å². The summed E-state index contributed by atoms with van der Waals surface area (Å²) in [5.74, 6) is -0.269. The average Bonchev–Trinajstić information content (AvgIpc) is 2.39. The van der Waals surface area contributed by atoms with Gasteiger partial charge in [0.05, 0.1) is 24.1 Å². The van der Waals surface area contributed by atoms with Crippen molar-refractivity contribution in [2.45, 2.75) is 36.3 Å². The van der Waals surface area contributed by atoms with E-state index in [0.29, 0.717) is 19.8 Å². The van der Waals surface area contributed by atoms with Gasteiger partial charge in [0, 0.05) is 14.2 Å². The Hall–Kier alpha value is 0.460. The summed E-state index contributed by atoms with van der Waals surface area (Å²) >= 11 is 9.14. The fourth-order valence-electron chi connectivity index (χ4n) is 0.481. The fraction of sp³-hybridized carbons (Fsp3) is 0.857. The van der Waals surface area contributed by atoms with Crippen LogP contribution < -0.4 is 0 Å². The molecule has 0 amide bonds. The van der Waals surface area contributed by atoms with Crippen molar-refractivity contribution in [1.29, 1.82) is 0 Å². The third-order valence-corrected chi connectivity index (χ3v) is 3.98. The van der Waals surface area contributed by atoms with E-state index in [0.717, 1.165) is 0 Å². The predicted octanol–water partition coefficient (Wildman–Crippen LogP) is 3.06. The first-order valence-electron chi connectivity index (χ1n) is 6.68. The number of aliphatic hydroxyl groups excluding tert-OH is 1. The number of hydrogen-bond acceptors (Lipinski definition) is 6. The molecule has 0 radical (unpaired) electrons. The first kappa shape index (κ1) is 28.3. The number of carbonyl (C=O) groups is 2. The molecule has 0 aromatic heterocycles. The van der Waals surface area contributed by atoms with E-state index in [2.05, 4.69) is 52.5 Å². The molecule has 0 fully saturated rings. The van der Waals surface area contributed by atoms with Crippen LogP contribution in [0.3, 0.4) is 0 Å². The summed E-state index contributed by atoms with van der Waals surface area (Å²) in [5, 5.41) is 7.94. The average molecular weight is 531 g/mol. The molecule has 140 valence electrons. The SMILES string of the molecule is CC(C)(Br)C(=O)Br.COCCO.COCCOC(=O)C(C)(C)Br. The minimum absolute atomic E-state index is 0.0278. The number of esters is 1. The van der Waals surface area contributed by atoms with Crippen LogP contribution in [0, 0.1) is 0 Å². The highest BCUT2D eigenvalue weighted by Crippen LogP contribution is 2.19. The van der Waals surface area contributed by atoms with E-state index in [4.69, 9.17) is 14.6 Å². The zero-order valence-corrected chi connectivity index (χ0v) is 19.2. The summed E-state index contributed by atoms with van der Waals surface area (Å²) in [4.78, 5) is 21.3. The van der Waals surface area contributed by atoms with Crippen molar-refractivity contribution in [2.24, 2.45) is 0 Å². The maximum Gasteiger partial charge on any atom is 0.322 e.